The maximum absolute atomic E-state index is 12.5. The fourth-order valence-corrected chi connectivity index (χ4v) is 4.26. The quantitative estimate of drug-likeness (QED) is 0.264. The van der Waals surface area contributed by atoms with Crippen LogP contribution in [0.4, 0.5) is 0 Å². The number of aromatic amines is 1. The first kappa shape index (κ1) is 21.9. The smallest absolute Gasteiger partial charge is 0.251 e. The summed E-state index contributed by atoms with van der Waals surface area (Å²) in [7, 11) is 8.37. The molecule has 3 aromatic heterocycles. The molecule has 0 saturated carbocycles. The van der Waals surface area contributed by atoms with Crippen molar-refractivity contribution in [2.24, 2.45) is 7.05 Å². The van der Waals surface area contributed by atoms with Crippen molar-refractivity contribution in [1.82, 2.24) is 30.4 Å². The highest BCUT2D eigenvalue weighted by Gasteiger charge is 2.15. The normalized spacial score (nSPS) is 11.4. The highest BCUT2D eigenvalue weighted by Crippen LogP contribution is 2.34. The van der Waals surface area contributed by atoms with E-state index in [1.165, 1.54) is 0 Å². The zero-order valence-corrected chi connectivity index (χ0v) is 19.2. The second-order valence-electron chi connectivity index (χ2n) is 8.28. The molecule has 5 rings (SSSR count). The lowest BCUT2D eigenvalue weighted by molar-refractivity contribution is 0.0954. The number of benzene rings is 2. The molecular weight excluding hydrogens is 423 g/mol. The van der Waals surface area contributed by atoms with E-state index in [4.69, 9.17) is 7.85 Å². The van der Waals surface area contributed by atoms with Crippen molar-refractivity contribution in [3.8, 4) is 22.4 Å². The molecule has 3 N–H and O–H groups in total. The lowest BCUT2D eigenvalue weighted by Gasteiger charge is -2.11. The average Bonchev–Trinajstić information content (AvgIpc) is 3.45. The van der Waals surface area contributed by atoms with E-state index in [0.717, 1.165) is 57.3 Å². The number of nitrogens with zero attached hydrogens (tertiary/aromatic N) is 3. The molecule has 0 saturated heterocycles. The fourth-order valence-electron chi connectivity index (χ4n) is 4.26. The van der Waals surface area contributed by atoms with Gasteiger partial charge in [-0.15, -0.1) is 0 Å². The fraction of sp³-hybridized carbons (Fsp3) is 0.192. The van der Waals surface area contributed by atoms with Crippen LogP contribution >= 0.6 is 0 Å². The van der Waals surface area contributed by atoms with Gasteiger partial charge in [0, 0.05) is 53.8 Å². The molecule has 5 aromatic rings. The largest absolute Gasteiger partial charge is 0.353 e. The number of likely N-dealkylation sites (N-methyl/N-ethyl adjacent to an activating group) is 1. The maximum atomic E-state index is 12.5. The third-order valence-electron chi connectivity index (χ3n) is 5.95. The number of amides is 1. The Labute approximate surface area is 199 Å². The summed E-state index contributed by atoms with van der Waals surface area (Å²) in [5.74, 6) is -0.0880. The topological polar surface area (TPSA) is 87.6 Å². The first-order chi connectivity index (χ1) is 16.5. The summed E-state index contributed by atoms with van der Waals surface area (Å²) >= 11 is 0. The predicted octanol–water partition coefficient (Wildman–Crippen LogP) is 2.92. The van der Waals surface area contributed by atoms with E-state index < -0.39 is 0 Å². The van der Waals surface area contributed by atoms with Crippen molar-refractivity contribution in [2.45, 2.75) is 6.92 Å². The summed E-state index contributed by atoms with van der Waals surface area (Å²) in [6.45, 7) is 4.25. The molecule has 34 heavy (non-hydrogen) atoms. The minimum Gasteiger partial charge on any atom is -0.353 e. The number of rotatable bonds is 7. The van der Waals surface area contributed by atoms with Crippen molar-refractivity contribution in [1.29, 1.82) is 0 Å². The SMILES string of the molecule is [B]c1ccc2[nH]c3cnc(-c4cnn(C)c4)cc3c2c1-c1ccc(C(=O)NCCNCC)cc1. The third kappa shape index (κ3) is 4.08. The Morgan fingerprint density at radius 3 is 2.62 bits per heavy atom. The van der Waals surface area contributed by atoms with Gasteiger partial charge in [0.25, 0.3) is 5.91 Å². The molecule has 1 amide bonds. The number of H-pyrrole nitrogens is 1. The van der Waals surface area contributed by atoms with Crippen LogP contribution in [0, 0.1) is 0 Å². The Bertz CT molecular complexity index is 1490. The molecule has 2 radical (unpaired) electrons. The minimum atomic E-state index is -0.0880. The average molecular weight is 448 g/mol. The minimum absolute atomic E-state index is 0.0880. The van der Waals surface area contributed by atoms with Crippen LogP contribution < -0.4 is 16.1 Å². The van der Waals surface area contributed by atoms with Gasteiger partial charge in [-0.3, -0.25) is 14.5 Å². The summed E-state index contributed by atoms with van der Waals surface area (Å²) in [6, 6.07) is 13.5. The Morgan fingerprint density at radius 1 is 1.06 bits per heavy atom. The van der Waals surface area contributed by atoms with E-state index in [2.05, 4.69) is 31.8 Å². The van der Waals surface area contributed by atoms with Gasteiger partial charge < -0.3 is 15.6 Å². The molecule has 0 bridgehead atoms. The van der Waals surface area contributed by atoms with E-state index in [-0.39, 0.29) is 5.91 Å². The Kier molecular flexibility index (Phi) is 5.90. The molecule has 0 unspecified atom stereocenters. The number of aromatic nitrogens is 4. The van der Waals surface area contributed by atoms with E-state index in [1.54, 1.807) is 10.9 Å². The van der Waals surface area contributed by atoms with Crippen LogP contribution in [-0.4, -0.2) is 53.1 Å². The second-order valence-corrected chi connectivity index (χ2v) is 8.28. The molecular formula is C26H25BN6O. The van der Waals surface area contributed by atoms with Crippen LogP contribution in [0.15, 0.2) is 61.1 Å². The monoisotopic (exact) mass is 448 g/mol. The van der Waals surface area contributed by atoms with Gasteiger partial charge in [-0.25, -0.2) is 0 Å². The number of fused-ring (bicyclic) bond motifs is 3. The lowest BCUT2D eigenvalue weighted by atomic mass is 9.84. The molecule has 0 aliphatic heterocycles. The first-order valence-corrected chi connectivity index (χ1v) is 11.3. The molecule has 7 nitrogen and oxygen atoms in total. The first-order valence-electron chi connectivity index (χ1n) is 11.3. The number of hydrogen-bond acceptors (Lipinski definition) is 4. The Balaban J connectivity index is 1.55. The molecule has 0 atom stereocenters. The lowest BCUT2D eigenvalue weighted by Crippen LogP contribution is -2.31. The molecule has 0 aliphatic carbocycles. The highest BCUT2D eigenvalue weighted by atomic mass is 16.1. The standard InChI is InChI=1S/C26H25BN6O/c1-3-28-10-11-29-26(34)17-6-4-16(5-7-17)24-20(27)8-9-21-25(24)19-12-22(30-14-23(19)32-21)18-13-31-33(2)15-18/h4-9,12-15,28,32H,3,10-11H2,1-2H3,(H,29,34). The molecule has 0 fully saturated rings. The number of aryl methyl sites for hydroxylation is 1. The number of pyridine rings is 1. The molecule has 0 spiro atoms. The van der Waals surface area contributed by atoms with Gasteiger partial charge in [0.15, 0.2) is 0 Å². The summed E-state index contributed by atoms with van der Waals surface area (Å²) in [5, 5.41) is 12.5. The van der Waals surface area contributed by atoms with Crippen LogP contribution in [0.5, 0.6) is 0 Å². The van der Waals surface area contributed by atoms with Crippen molar-refractivity contribution in [3.05, 3.63) is 66.6 Å². The molecule has 8 heteroatoms. The van der Waals surface area contributed by atoms with Crippen LogP contribution in [-0.2, 0) is 7.05 Å². The molecule has 168 valence electrons. The third-order valence-corrected chi connectivity index (χ3v) is 5.95. The van der Waals surface area contributed by atoms with Crippen molar-refractivity contribution >= 4 is 41.0 Å². The van der Waals surface area contributed by atoms with Crippen molar-refractivity contribution < 1.29 is 4.79 Å². The zero-order valence-electron chi connectivity index (χ0n) is 19.2. The van der Waals surface area contributed by atoms with Gasteiger partial charge in [-0.2, -0.15) is 5.10 Å². The number of carbonyl (C=O) groups is 1. The van der Waals surface area contributed by atoms with Gasteiger partial charge in [0.2, 0.25) is 0 Å². The highest BCUT2D eigenvalue weighted by molar-refractivity contribution is 6.39. The van der Waals surface area contributed by atoms with Crippen LogP contribution in [0.1, 0.15) is 17.3 Å². The van der Waals surface area contributed by atoms with Gasteiger partial charge in [0.1, 0.15) is 7.85 Å². The summed E-state index contributed by atoms with van der Waals surface area (Å²) < 4.78 is 1.76. The molecule has 2 aromatic carbocycles. The molecule has 3 heterocycles. The number of hydrogen-bond donors (Lipinski definition) is 3. The molecule has 0 aliphatic rings. The number of carbonyl (C=O) groups excluding carboxylic acids is 1. The van der Waals surface area contributed by atoms with E-state index in [1.807, 2.05) is 62.8 Å². The van der Waals surface area contributed by atoms with Gasteiger partial charge in [-0.05, 0) is 41.9 Å². The van der Waals surface area contributed by atoms with Gasteiger partial charge in [-0.1, -0.05) is 30.6 Å². The van der Waals surface area contributed by atoms with E-state index in [0.29, 0.717) is 17.6 Å². The summed E-state index contributed by atoms with van der Waals surface area (Å²) in [6.07, 6.45) is 5.60. The number of nitrogens with one attached hydrogen (secondary N) is 3. The summed E-state index contributed by atoms with van der Waals surface area (Å²) in [5.41, 5.74) is 6.90. The van der Waals surface area contributed by atoms with Crippen LogP contribution in [0.3, 0.4) is 0 Å². The van der Waals surface area contributed by atoms with Gasteiger partial charge >= 0.3 is 0 Å². The Morgan fingerprint density at radius 2 is 1.88 bits per heavy atom. The zero-order chi connectivity index (χ0) is 23.7. The van der Waals surface area contributed by atoms with Crippen LogP contribution in [0.25, 0.3) is 44.2 Å². The van der Waals surface area contributed by atoms with Crippen molar-refractivity contribution in [3.63, 3.8) is 0 Å². The Hall–Kier alpha value is -3.91. The van der Waals surface area contributed by atoms with Crippen LogP contribution in [0.2, 0.25) is 0 Å². The van der Waals surface area contributed by atoms with Gasteiger partial charge in [0.05, 0.1) is 23.6 Å². The second kappa shape index (κ2) is 9.15. The van der Waals surface area contributed by atoms with E-state index in [9.17, 15) is 4.79 Å². The maximum Gasteiger partial charge on any atom is 0.251 e. The van der Waals surface area contributed by atoms with E-state index >= 15 is 0 Å². The van der Waals surface area contributed by atoms with Crippen molar-refractivity contribution in [2.75, 3.05) is 19.6 Å². The predicted molar refractivity (Wildman–Crippen MR) is 138 cm³/mol. The summed E-state index contributed by atoms with van der Waals surface area (Å²) in [4.78, 5) is 20.5.